The average Bonchev–Trinajstić information content (AvgIpc) is 3.38. The van der Waals surface area contributed by atoms with Gasteiger partial charge in [-0.05, 0) is 98.2 Å². The number of Topliss-reactive ketones (excluding diaryl/α,β-unsaturated/α-hetero) is 1. The third kappa shape index (κ3) is 3.77. The Kier molecular flexibility index (Phi) is 5.95. The van der Waals surface area contributed by atoms with Crippen LogP contribution in [0.2, 0.25) is 0 Å². The van der Waals surface area contributed by atoms with Gasteiger partial charge in [-0.1, -0.05) is 13.8 Å². The Hall–Kier alpha value is -1.69. The average molecular weight is 457 g/mol. The Morgan fingerprint density at radius 3 is 2.58 bits per heavy atom. The fourth-order valence-electron chi connectivity index (χ4n) is 9.09. The molecule has 0 spiro atoms. The molecule has 1 unspecified atom stereocenters. The van der Waals surface area contributed by atoms with E-state index in [0.29, 0.717) is 11.3 Å². The number of fused-ring (bicyclic) bond motifs is 5. The quantitative estimate of drug-likeness (QED) is 0.646. The molecule has 1 aromatic heterocycles. The number of hydrogen-bond acceptors (Lipinski definition) is 4. The number of aromatic carboxylic acids is 1. The first kappa shape index (κ1) is 23.1. The summed E-state index contributed by atoms with van der Waals surface area (Å²) in [6.07, 6.45) is 14.0. The predicted molar refractivity (Wildman–Crippen MR) is 125 cm³/mol. The molecular formula is C27H40N2O4. The number of carboxylic acids is 1. The predicted octanol–water partition coefficient (Wildman–Crippen LogP) is 5.07. The Balaban J connectivity index is 1.30. The van der Waals surface area contributed by atoms with Gasteiger partial charge in [0, 0.05) is 25.8 Å². The van der Waals surface area contributed by atoms with Crippen LogP contribution in [0, 0.1) is 46.3 Å². The largest absolute Gasteiger partial charge is 0.478 e. The van der Waals surface area contributed by atoms with E-state index in [2.05, 4.69) is 18.9 Å². The molecule has 182 valence electrons. The minimum absolute atomic E-state index is 0.0731. The highest BCUT2D eigenvalue weighted by molar-refractivity contribution is 5.87. The molecule has 1 aromatic rings. The van der Waals surface area contributed by atoms with Crippen molar-refractivity contribution in [3.05, 3.63) is 18.0 Å². The molecule has 4 fully saturated rings. The molecule has 0 aliphatic heterocycles. The molecule has 0 radical (unpaired) electrons. The van der Waals surface area contributed by atoms with Crippen molar-refractivity contribution in [2.45, 2.75) is 78.2 Å². The highest BCUT2D eigenvalue weighted by atomic mass is 16.5. The zero-order valence-corrected chi connectivity index (χ0v) is 20.5. The number of methoxy groups -OCH3 is 1. The van der Waals surface area contributed by atoms with E-state index >= 15 is 0 Å². The number of ketones is 1. The number of carboxylic acid groups (broad SMARTS) is 1. The number of nitrogens with zero attached hydrogens (tertiary/aromatic N) is 2. The Morgan fingerprint density at radius 2 is 1.85 bits per heavy atom. The van der Waals surface area contributed by atoms with Crippen molar-refractivity contribution >= 4 is 11.8 Å². The summed E-state index contributed by atoms with van der Waals surface area (Å²) in [5, 5.41) is 13.3. The summed E-state index contributed by atoms with van der Waals surface area (Å²) in [5.41, 5.74) is 0.681. The molecular weight excluding hydrogens is 416 g/mol. The van der Waals surface area contributed by atoms with Crippen LogP contribution in [-0.2, 0) is 16.1 Å². The van der Waals surface area contributed by atoms with Crippen LogP contribution in [0.15, 0.2) is 12.4 Å². The van der Waals surface area contributed by atoms with E-state index in [0.717, 1.165) is 43.1 Å². The maximum absolute atomic E-state index is 13.4. The van der Waals surface area contributed by atoms with Crippen LogP contribution in [0.25, 0.3) is 0 Å². The maximum atomic E-state index is 13.4. The summed E-state index contributed by atoms with van der Waals surface area (Å²) in [6, 6.07) is 0. The highest BCUT2D eigenvalue weighted by Crippen LogP contribution is 2.67. The standard InChI is InChI=1S/C27H40N2O4/c1-26-10-8-17(16-33-3)12-19(26)4-5-20-21-6-7-23(27(21,2)11-9-22(20)26)24(30)15-29-14-18(13-28-29)25(31)32/h13-14,17,19-23H,4-12,15-16H2,1-3H3,(H,31,32)/t17?,19-,20-,21-,22-,23+,26-,27-/m0/s1. The van der Waals surface area contributed by atoms with E-state index in [1.54, 1.807) is 0 Å². The Bertz CT molecular complexity index is 912. The second kappa shape index (κ2) is 8.51. The second-order valence-electron chi connectivity index (χ2n) is 12.1. The van der Waals surface area contributed by atoms with Crippen molar-refractivity contribution in [2.75, 3.05) is 13.7 Å². The number of hydrogen-bond donors (Lipinski definition) is 1. The van der Waals surface area contributed by atoms with Gasteiger partial charge >= 0.3 is 5.97 Å². The van der Waals surface area contributed by atoms with E-state index in [1.165, 1.54) is 62.0 Å². The fourth-order valence-corrected chi connectivity index (χ4v) is 9.09. The van der Waals surface area contributed by atoms with Gasteiger partial charge in [-0.15, -0.1) is 0 Å². The van der Waals surface area contributed by atoms with Crippen LogP contribution >= 0.6 is 0 Å². The number of aromatic nitrogens is 2. The minimum Gasteiger partial charge on any atom is -0.478 e. The molecule has 1 N–H and O–H groups in total. The molecule has 0 saturated heterocycles. The van der Waals surface area contributed by atoms with Crippen molar-refractivity contribution in [1.29, 1.82) is 0 Å². The SMILES string of the molecule is COCC1CC[C@@]2(C)[C@@H](CC[C@@H]3[C@@H]2CC[C@]2(C)[C@@H](C(=O)Cn4cc(C(=O)O)cn4)CC[C@@H]32)C1. The smallest absolute Gasteiger partial charge is 0.338 e. The number of carbonyl (C=O) groups excluding carboxylic acids is 1. The van der Waals surface area contributed by atoms with E-state index in [-0.39, 0.29) is 29.2 Å². The van der Waals surface area contributed by atoms with Gasteiger partial charge < -0.3 is 9.84 Å². The highest BCUT2D eigenvalue weighted by Gasteiger charge is 2.61. The fraction of sp³-hybridized carbons (Fsp3) is 0.815. The monoisotopic (exact) mass is 456 g/mol. The Morgan fingerprint density at radius 1 is 1.09 bits per heavy atom. The molecule has 4 saturated carbocycles. The van der Waals surface area contributed by atoms with Gasteiger partial charge in [-0.25, -0.2) is 4.79 Å². The molecule has 6 heteroatoms. The summed E-state index contributed by atoms with van der Waals surface area (Å²) in [7, 11) is 1.84. The molecule has 6 nitrogen and oxygen atoms in total. The van der Waals surface area contributed by atoms with Gasteiger partial charge in [-0.3, -0.25) is 9.48 Å². The first-order valence-corrected chi connectivity index (χ1v) is 13.0. The zero-order valence-electron chi connectivity index (χ0n) is 20.5. The number of ether oxygens (including phenoxy) is 1. The summed E-state index contributed by atoms with van der Waals surface area (Å²) in [5.74, 6) is 3.07. The molecule has 1 heterocycles. The normalized spacial score (nSPS) is 42.3. The van der Waals surface area contributed by atoms with Gasteiger partial charge in [-0.2, -0.15) is 5.10 Å². The van der Waals surface area contributed by atoms with Crippen LogP contribution in [0.3, 0.4) is 0 Å². The lowest BCUT2D eigenvalue weighted by Crippen LogP contribution is -2.54. The van der Waals surface area contributed by atoms with Crippen LogP contribution in [-0.4, -0.2) is 40.4 Å². The van der Waals surface area contributed by atoms with Crippen molar-refractivity contribution in [2.24, 2.45) is 46.3 Å². The van der Waals surface area contributed by atoms with E-state index in [4.69, 9.17) is 9.84 Å². The maximum Gasteiger partial charge on any atom is 0.338 e. The van der Waals surface area contributed by atoms with Crippen LogP contribution < -0.4 is 0 Å². The molecule has 0 amide bonds. The first-order chi connectivity index (χ1) is 15.8. The molecule has 4 aliphatic carbocycles. The number of carbonyl (C=O) groups is 2. The minimum atomic E-state index is -1.000. The molecule has 0 bridgehead atoms. The van der Waals surface area contributed by atoms with Gasteiger partial charge in [0.25, 0.3) is 0 Å². The molecule has 8 atom stereocenters. The van der Waals surface area contributed by atoms with Crippen molar-refractivity contribution < 1.29 is 19.4 Å². The van der Waals surface area contributed by atoms with Crippen LogP contribution in [0.5, 0.6) is 0 Å². The summed E-state index contributed by atoms with van der Waals surface area (Å²) >= 11 is 0. The summed E-state index contributed by atoms with van der Waals surface area (Å²) in [4.78, 5) is 24.5. The van der Waals surface area contributed by atoms with Crippen molar-refractivity contribution in [1.82, 2.24) is 9.78 Å². The van der Waals surface area contributed by atoms with E-state index in [1.807, 2.05) is 7.11 Å². The van der Waals surface area contributed by atoms with Gasteiger partial charge in [0.15, 0.2) is 5.78 Å². The van der Waals surface area contributed by atoms with Crippen LogP contribution in [0.4, 0.5) is 0 Å². The lowest BCUT2D eigenvalue weighted by atomic mass is 9.44. The first-order valence-electron chi connectivity index (χ1n) is 13.0. The van der Waals surface area contributed by atoms with Gasteiger partial charge in [0.05, 0.1) is 18.3 Å². The van der Waals surface area contributed by atoms with E-state index < -0.39 is 5.97 Å². The second-order valence-corrected chi connectivity index (χ2v) is 12.1. The van der Waals surface area contributed by atoms with Crippen molar-refractivity contribution in [3.63, 3.8) is 0 Å². The topological polar surface area (TPSA) is 81.4 Å². The summed E-state index contributed by atoms with van der Waals surface area (Å²) in [6.45, 7) is 6.08. The molecule has 5 rings (SSSR count). The van der Waals surface area contributed by atoms with Crippen molar-refractivity contribution in [3.8, 4) is 0 Å². The molecule has 4 aliphatic rings. The van der Waals surface area contributed by atoms with E-state index in [9.17, 15) is 9.59 Å². The van der Waals surface area contributed by atoms with Gasteiger partial charge in [0.2, 0.25) is 0 Å². The zero-order chi connectivity index (χ0) is 23.4. The molecule has 0 aromatic carbocycles. The Labute approximate surface area is 197 Å². The van der Waals surface area contributed by atoms with Crippen LogP contribution in [0.1, 0.15) is 82.0 Å². The third-order valence-electron chi connectivity index (χ3n) is 10.8. The molecule has 33 heavy (non-hydrogen) atoms. The lowest BCUT2D eigenvalue weighted by molar-refractivity contribution is -0.138. The third-order valence-corrected chi connectivity index (χ3v) is 10.8. The number of rotatable bonds is 6. The lowest BCUT2D eigenvalue weighted by Gasteiger charge is -2.61. The summed E-state index contributed by atoms with van der Waals surface area (Å²) < 4.78 is 7.01. The van der Waals surface area contributed by atoms with Gasteiger partial charge in [0.1, 0.15) is 0 Å².